The summed E-state index contributed by atoms with van der Waals surface area (Å²) in [5.74, 6) is -0.0808. The predicted molar refractivity (Wildman–Crippen MR) is 120 cm³/mol. The molecule has 0 bridgehead atoms. The van der Waals surface area contributed by atoms with Crippen molar-refractivity contribution in [2.75, 3.05) is 26.7 Å². The second kappa shape index (κ2) is 9.30. The molecule has 1 unspecified atom stereocenters. The standard InChI is InChI=1S/C24H25N5O3/c1-28(24(32)11-16-5-6-20-21(10-16)27-23(31)13-26-20)22(15-29-8-7-19(30)14-29)18-4-2-3-17(9-18)12-25/h2-6,9-10,13,19,22,30H,7-8,11,14-15H2,1H3,(H,27,31)/t19-,22?/m1/s1. The number of rotatable bonds is 6. The molecule has 8 nitrogen and oxygen atoms in total. The molecule has 1 amide bonds. The Labute approximate surface area is 185 Å². The number of aromatic amines is 1. The lowest BCUT2D eigenvalue weighted by atomic mass is 10.0. The minimum absolute atomic E-state index is 0.0808. The summed E-state index contributed by atoms with van der Waals surface area (Å²) >= 11 is 0. The summed E-state index contributed by atoms with van der Waals surface area (Å²) in [6.45, 7) is 1.91. The number of benzene rings is 2. The van der Waals surface area contributed by atoms with Crippen molar-refractivity contribution in [1.29, 1.82) is 5.26 Å². The highest BCUT2D eigenvalue weighted by atomic mass is 16.3. The van der Waals surface area contributed by atoms with Crippen molar-refractivity contribution in [3.63, 3.8) is 0 Å². The maximum Gasteiger partial charge on any atom is 0.266 e. The highest BCUT2D eigenvalue weighted by Gasteiger charge is 2.28. The van der Waals surface area contributed by atoms with Crippen LogP contribution in [0.15, 0.2) is 53.5 Å². The molecule has 164 valence electrons. The number of aliphatic hydroxyl groups is 1. The Morgan fingerprint density at radius 2 is 2.22 bits per heavy atom. The summed E-state index contributed by atoms with van der Waals surface area (Å²) in [6.07, 6.45) is 1.76. The number of aromatic nitrogens is 2. The maximum atomic E-state index is 13.2. The number of nitriles is 1. The van der Waals surface area contributed by atoms with E-state index < -0.39 is 0 Å². The van der Waals surface area contributed by atoms with E-state index in [0.717, 1.165) is 17.7 Å². The zero-order valence-electron chi connectivity index (χ0n) is 17.9. The van der Waals surface area contributed by atoms with Crippen molar-refractivity contribution in [3.05, 3.63) is 75.7 Å². The molecule has 0 aliphatic carbocycles. The zero-order chi connectivity index (χ0) is 22.7. The monoisotopic (exact) mass is 431 g/mol. The van der Waals surface area contributed by atoms with Crippen molar-refractivity contribution < 1.29 is 9.90 Å². The molecule has 1 aromatic heterocycles. The molecule has 2 heterocycles. The number of likely N-dealkylation sites (N-methyl/N-ethyl adjacent to an activating group) is 1. The highest BCUT2D eigenvalue weighted by molar-refractivity contribution is 5.81. The summed E-state index contributed by atoms with van der Waals surface area (Å²) in [7, 11) is 1.77. The summed E-state index contributed by atoms with van der Waals surface area (Å²) in [4.78, 5) is 35.5. The van der Waals surface area contributed by atoms with E-state index in [0.29, 0.717) is 36.1 Å². The van der Waals surface area contributed by atoms with Crippen LogP contribution < -0.4 is 5.56 Å². The zero-order valence-corrected chi connectivity index (χ0v) is 17.9. The number of H-pyrrole nitrogens is 1. The van der Waals surface area contributed by atoms with Gasteiger partial charge in [-0.25, -0.2) is 4.98 Å². The van der Waals surface area contributed by atoms with E-state index in [-0.39, 0.29) is 30.0 Å². The van der Waals surface area contributed by atoms with Gasteiger partial charge in [0.1, 0.15) is 0 Å². The van der Waals surface area contributed by atoms with Crippen LogP contribution in [0, 0.1) is 11.3 Å². The molecule has 0 spiro atoms. The normalized spacial score (nSPS) is 17.2. The number of likely N-dealkylation sites (tertiary alicyclic amines) is 1. The number of amides is 1. The van der Waals surface area contributed by atoms with Gasteiger partial charge in [-0.3, -0.25) is 14.5 Å². The number of nitrogens with zero attached hydrogens (tertiary/aromatic N) is 4. The molecule has 2 aromatic carbocycles. The molecule has 3 aromatic rings. The van der Waals surface area contributed by atoms with Gasteiger partial charge >= 0.3 is 0 Å². The van der Waals surface area contributed by atoms with Crippen LogP contribution in [0.3, 0.4) is 0 Å². The van der Waals surface area contributed by atoms with Crippen molar-refractivity contribution in [1.82, 2.24) is 19.8 Å². The molecule has 4 rings (SSSR count). The Balaban J connectivity index is 1.57. The first-order valence-corrected chi connectivity index (χ1v) is 10.6. The van der Waals surface area contributed by atoms with Crippen LogP contribution in [0.1, 0.15) is 29.2 Å². The number of hydrogen-bond donors (Lipinski definition) is 2. The van der Waals surface area contributed by atoms with E-state index in [4.69, 9.17) is 0 Å². The first kappa shape index (κ1) is 21.7. The summed E-state index contributed by atoms with van der Waals surface area (Å²) in [5.41, 5.74) is 3.17. The molecule has 32 heavy (non-hydrogen) atoms. The van der Waals surface area contributed by atoms with E-state index >= 15 is 0 Å². The Kier molecular flexibility index (Phi) is 6.30. The molecule has 0 saturated carbocycles. The second-order valence-corrected chi connectivity index (χ2v) is 8.24. The summed E-state index contributed by atoms with van der Waals surface area (Å²) < 4.78 is 0. The van der Waals surface area contributed by atoms with Crippen LogP contribution in [0.25, 0.3) is 11.0 Å². The van der Waals surface area contributed by atoms with E-state index in [9.17, 15) is 20.0 Å². The Bertz CT molecular complexity index is 1230. The molecule has 1 aliphatic rings. The molecule has 1 aliphatic heterocycles. The molecule has 8 heteroatoms. The van der Waals surface area contributed by atoms with Gasteiger partial charge in [-0.2, -0.15) is 5.26 Å². The van der Waals surface area contributed by atoms with Gasteiger partial charge in [0.15, 0.2) is 0 Å². The minimum atomic E-state index is -0.351. The van der Waals surface area contributed by atoms with Gasteiger partial charge in [0.2, 0.25) is 5.91 Å². The second-order valence-electron chi connectivity index (χ2n) is 8.24. The van der Waals surface area contributed by atoms with Crippen LogP contribution in [-0.2, 0) is 11.2 Å². The third-order valence-corrected chi connectivity index (χ3v) is 5.94. The van der Waals surface area contributed by atoms with Gasteiger partial charge in [0, 0.05) is 26.7 Å². The fourth-order valence-corrected chi connectivity index (χ4v) is 4.16. The van der Waals surface area contributed by atoms with E-state index in [1.54, 1.807) is 30.1 Å². The topological polar surface area (TPSA) is 113 Å². The van der Waals surface area contributed by atoms with Gasteiger partial charge in [-0.05, 0) is 41.8 Å². The van der Waals surface area contributed by atoms with Crippen molar-refractivity contribution in [2.45, 2.75) is 25.0 Å². The Hall–Kier alpha value is -3.54. The number of carbonyl (C=O) groups excluding carboxylic acids is 1. The molecule has 2 N–H and O–H groups in total. The Morgan fingerprint density at radius 3 is 2.97 bits per heavy atom. The number of fused-ring (bicyclic) bond motifs is 1. The SMILES string of the molecule is CN(C(=O)Cc1ccc2ncc(=O)[nH]c2c1)C(CN1CC[C@@H](O)C1)c1cccc(C#N)c1. The third kappa shape index (κ3) is 4.85. The maximum absolute atomic E-state index is 13.2. The minimum Gasteiger partial charge on any atom is -0.392 e. The van der Waals surface area contributed by atoms with Gasteiger partial charge in [-0.1, -0.05) is 18.2 Å². The molecule has 1 saturated heterocycles. The van der Waals surface area contributed by atoms with Crippen LogP contribution in [0.4, 0.5) is 0 Å². The van der Waals surface area contributed by atoms with E-state index in [1.165, 1.54) is 6.20 Å². The number of β-amino-alcohol motifs (C(OH)–C–C–N with tert-alkyl or cyclic N) is 1. The van der Waals surface area contributed by atoms with Crippen LogP contribution >= 0.6 is 0 Å². The number of carbonyl (C=O) groups is 1. The van der Waals surface area contributed by atoms with Gasteiger partial charge in [0.05, 0.1) is 47.4 Å². The predicted octanol–water partition coefficient (Wildman–Crippen LogP) is 1.60. The average molecular weight is 431 g/mol. The molecule has 1 fully saturated rings. The van der Waals surface area contributed by atoms with Crippen molar-refractivity contribution >= 4 is 16.9 Å². The smallest absolute Gasteiger partial charge is 0.266 e. The van der Waals surface area contributed by atoms with E-state index in [1.807, 2.05) is 24.3 Å². The lowest BCUT2D eigenvalue weighted by Gasteiger charge is -2.32. The van der Waals surface area contributed by atoms with Crippen molar-refractivity contribution in [3.8, 4) is 6.07 Å². The summed E-state index contributed by atoms with van der Waals surface area (Å²) in [6, 6.07) is 14.6. The molecular weight excluding hydrogens is 406 g/mol. The van der Waals surface area contributed by atoms with Gasteiger partial charge in [0.25, 0.3) is 5.56 Å². The van der Waals surface area contributed by atoms with Gasteiger partial charge < -0.3 is 15.0 Å². The fraction of sp³-hybridized carbons (Fsp3) is 0.333. The quantitative estimate of drug-likeness (QED) is 0.613. The largest absolute Gasteiger partial charge is 0.392 e. The molecule has 2 atom stereocenters. The number of aliphatic hydroxyl groups excluding tert-OH is 1. The highest BCUT2D eigenvalue weighted by Crippen LogP contribution is 2.25. The van der Waals surface area contributed by atoms with Crippen LogP contribution in [0.2, 0.25) is 0 Å². The first-order chi connectivity index (χ1) is 15.4. The number of hydrogen-bond acceptors (Lipinski definition) is 6. The Morgan fingerprint density at radius 1 is 1.38 bits per heavy atom. The van der Waals surface area contributed by atoms with Gasteiger partial charge in [-0.15, -0.1) is 0 Å². The molecule has 0 radical (unpaired) electrons. The van der Waals surface area contributed by atoms with E-state index in [2.05, 4.69) is 20.9 Å². The average Bonchev–Trinajstić information content (AvgIpc) is 3.21. The lowest BCUT2D eigenvalue weighted by molar-refractivity contribution is -0.131. The van der Waals surface area contributed by atoms with Crippen LogP contribution in [-0.4, -0.2) is 63.6 Å². The third-order valence-electron chi connectivity index (χ3n) is 5.94. The number of nitrogens with one attached hydrogen (secondary N) is 1. The lowest BCUT2D eigenvalue weighted by Crippen LogP contribution is -2.39. The summed E-state index contributed by atoms with van der Waals surface area (Å²) in [5, 5.41) is 19.2. The first-order valence-electron chi connectivity index (χ1n) is 10.6. The fourth-order valence-electron chi connectivity index (χ4n) is 4.16. The van der Waals surface area contributed by atoms with Crippen molar-refractivity contribution in [2.24, 2.45) is 0 Å². The molecular formula is C24H25N5O3. The van der Waals surface area contributed by atoms with Crippen LogP contribution in [0.5, 0.6) is 0 Å².